The van der Waals surface area contributed by atoms with Crippen molar-refractivity contribution in [2.45, 2.75) is 25.9 Å². The molecule has 1 unspecified atom stereocenters. The fourth-order valence-corrected chi connectivity index (χ4v) is 1.74. The van der Waals surface area contributed by atoms with Crippen LogP contribution in [-0.2, 0) is 17.8 Å². The third-order valence-electron chi connectivity index (χ3n) is 2.74. The molecular formula is C10H14N4O3. The number of amides is 1. The molecular weight excluding hydrogens is 224 g/mol. The summed E-state index contributed by atoms with van der Waals surface area (Å²) in [5.41, 5.74) is 2.04. The number of H-pyrrole nitrogens is 1. The normalized spacial score (nSPS) is 16.1. The first-order chi connectivity index (χ1) is 8.09. The van der Waals surface area contributed by atoms with Crippen LogP contribution in [0.3, 0.4) is 0 Å². The number of carboxylic acid groups (broad SMARTS) is 1. The van der Waals surface area contributed by atoms with E-state index in [4.69, 9.17) is 5.11 Å². The van der Waals surface area contributed by atoms with Crippen molar-refractivity contribution in [3.05, 3.63) is 17.0 Å². The molecule has 1 amide bonds. The average Bonchev–Trinajstić information content (AvgIpc) is 2.72. The molecule has 17 heavy (non-hydrogen) atoms. The van der Waals surface area contributed by atoms with Crippen molar-refractivity contribution in [3.8, 4) is 0 Å². The summed E-state index contributed by atoms with van der Waals surface area (Å²) in [6.07, 6.45) is 0.796. The minimum Gasteiger partial charge on any atom is -0.480 e. The summed E-state index contributed by atoms with van der Waals surface area (Å²) in [7, 11) is 0. The van der Waals surface area contributed by atoms with E-state index in [2.05, 4.69) is 20.8 Å². The Balaban J connectivity index is 2.14. The highest BCUT2D eigenvalue weighted by Crippen LogP contribution is 2.15. The summed E-state index contributed by atoms with van der Waals surface area (Å²) in [6, 6.07) is -0.925. The van der Waals surface area contributed by atoms with Gasteiger partial charge in [0.1, 0.15) is 6.04 Å². The quantitative estimate of drug-likeness (QED) is 0.554. The topological polar surface area (TPSA) is 107 Å². The van der Waals surface area contributed by atoms with Gasteiger partial charge in [0.05, 0.1) is 0 Å². The van der Waals surface area contributed by atoms with Gasteiger partial charge in [0.2, 0.25) is 0 Å². The molecule has 92 valence electrons. The zero-order valence-electron chi connectivity index (χ0n) is 9.41. The van der Waals surface area contributed by atoms with Gasteiger partial charge in [-0.25, -0.2) is 0 Å². The summed E-state index contributed by atoms with van der Waals surface area (Å²) in [4.78, 5) is 22.4. The Kier molecular flexibility index (Phi) is 3.10. The SMILES string of the molecule is CC(NC(=O)c1n[nH]c2c1CNCC2)C(=O)O. The zero-order valence-corrected chi connectivity index (χ0v) is 9.41. The van der Waals surface area contributed by atoms with Crippen LogP contribution < -0.4 is 10.6 Å². The second-order valence-corrected chi connectivity index (χ2v) is 3.99. The number of hydrogen-bond acceptors (Lipinski definition) is 4. The summed E-state index contributed by atoms with van der Waals surface area (Å²) in [5, 5.41) is 21.0. The minimum absolute atomic E-state index is 0.278. The molecule has 1 aromatic heterocycles. The molecule has 1 aromatic rings. The smallest absolute Gasteiger partial charge is 0.325 e. The highest BCUT2D eigenvalue weighted by Gasteiger charge is 2.23. The number of nitrogens with zero attached hydrogens (tertiary/aromatic N) is 1. The van der Waals surface area contributed by atoms with Crippen molar-refractivity contribution in [2.24, 2.45) is 0 Å². The van der Waals surface area contributed by atoms with E-state index in [1.54, 1.807) is 0 Å². The second-order valence-electron chi connectivity index (χ2n) is 3.99. The van der Waals surface area contributed by atoms with Crippen molar-refractivity contribution in [1.29, 1.82) is 0 Å². The van der Waals surface area contributed by atoms with E-state index in [1.807, 2.05) is 0 Å². The van der Waals surface area contributed by atoms with Gasteiger partial charge in [-0.2, -0.15) is 5.10 Å². The number of carboxylic acids is 1. The molecule has 0 radical (unpaired) electrons. The number of fused-ring (bicyclic) bond motifs is 1. The molecule has 0 fully saturated rings. The Morgan fingerprint density at radius 3 is 3.00 bits per heavy atom. The maximum absolute atomic E-state index is 11.8. The first-order valence-corrected chi connectivity index (χ1v) is 5.40. The van der Waals surface area contributed by atoms with Gasteiger partial charge in [-0.1, -0.05) is 0 Å². The van der Waals surface area contributed by atoms with E-state index in [1.165, 1.54) is 6.92 Å². The molecule has 7 heteroatoms. The monoisotopic (exact) mass is 238 g/mol. The van der Waals surface area contributed by atoms with Crippen molar-refractivity contribution in [2.75, 3.05) is 6.54 Å². The van der Waals surface area contributed by atoms with E-state index in [9.17, 15) is 9.59 Å². The summed E-state index contributed by atoms with van der Waals surface area (Å²) in [5.74, 6) is -1.53. The first kappa shape index (κ1) is 11.6. The van der Waals surface area contributed by atoms with Crippen LogP contribution in [0.5, 0.6) is 0 Å². The Hall–Kier alpha value is -1.89. The third kappa shape index (κ3) is 2.28. The fourth-order valence-electron chi connectivity index (χ4n) is 1.74. The molecule has 4 N–H and O–H groups in total. The van der Waals surface area contributed by atoms with E-state index >= 15 is 0 Å². The Morgan fingerprint density at radius 1 is 1.53 bits per heavy atom. The van der Waals surface area contributed by atoms with Gasteiger partial charge in [-0.3, -0.25) is 14.7 Å². The fraction of sp³-hybridized carbons (Fsp3) is 0.500. The Bertz CT molecular complexity index is 454. The summed E-state index contributed by atoms with van der Waals surface area (Å²) < 4.78 is 0. The molecule has 1 aliphatic rings. The molecule has 0 aliphatic carbocycles. The Labute approximate surface area is 97.6 Å². The highest BCUT2D eigenvalue weighted by atomic mass is 16.4. The van der Waals surface area contributed by atoms with Gasteiger partial charge in [0.15, 0.2) is 5.69 Å². The lowest BCUT2D eigenvalue weighted by atomic mass is 10.1. The molecule has 1 atom stereocenters. The van der Waals surface area contributed by atoms with Crippen LogP contribution in [0.2, 0.25) is 0 Å². The molecule has 0 saturated heterocycles. The van der Waals surface area contributed by atoms with Crippen molar-refractivity contribution < 1.29 is 14.7 Å². The molecule has 0 saturated carbocycles. The number of carbonyl (C=O) groups is 2. The van der Waals surface area contributed by atoms with Gasteiger partial charge in [-0.05, 0) is 6.92 Å². The number of hydrogen-bond donors (Lipinski definition) is 4. The minimum atomic E-state index is -1.07. The lowest BCUT2D eigenvalue weighted by Crippen LogP contribution is -2.39. The average molecular weight is 238 g/mol. The molecule has 2 heterocycles. The number of nitrogens with one attached hydrogen (secondary N) is 3. The van der Waals surface area contributed by atoms with Gasteiger partial charge in [0.25, 0.3) is 5.91 Å². The second kappa shape index (κ2) is 4.54. The molecule has 1 aliphatic heterocycles. The largest absolute Gasteiger partial charge is 0.480 e. The van der Waals surface area contributed by atoms with Gasteiger partial charge in [-0.15, -0.1) is 0 Å². The van der Waals surface area contributed by atoms with Crippen molar-refractivity contribution >= 4 is 11.9 Å². The van der Waals surface area contributed by atoms with Crippen LogP contribution in [0.4, 0.5) is 0 Å². The van der Waals surface area contributed by atoms with Crippen LogP contribution in [0.15, 0.2) is 0 Å². The lowest BCUT2D eigenvalue weighted by molar-refractivity contribution is -0.138. The number of carbonyl (C=O) groups excluding carboxylic acids is 1. The standard InChI is InChI=1S/C10H14N4O3/c1-5(10(16)17)12-9(15)8-6-4-11-3-2-7(6)13-14-8/h5,11H,2-4H2,1H3,(H,12,15)(H,13,14)(H,16,17). The third-order valence-corrected chi connectivity index (χ3v) is 2.74. The maximum atomic E-state index is 11.8. The lowest BCUT2D eigenvalue weighted by Gasteiger charge is -2.13. The number of aromatic amines is 1. The van der Waals surface area contributed by atoms with E-state index in [0.29, 0.717) is 6.54 Å². The van der Waals surface area contributed by atoms with E-state index in [-0.39, 0.29) is 5.69 Å². The van der Waals surface area contributed by atoms with Crippen molar-refractivity contribution in [3.63, 3.8) is 0 Å². The predicted octanol–water partition coefficient (Wildman–Crippen LogP) is -0.742. The zero-order chi connectivity index (χ0) is 12.4. The maximum Gasteiger partial charge on any atom is 0.325 e. The molecule has 0 spiro atoms. The number of aromatic nitrogens is 2. The Morgan fingerprint density at radius 2 is 2.29 bits per heavy atom. The molecule has 0 bridgehead atoms. The summed E-state index contributed by atoms with van der Waals surface area (Å²) >= 11 is 0. The highest BCUT2D eigenvalue weighted by molar-refractivity contribution is 5.96. The van der Waals surface area contributed by atoms with Crippen molar-refractivity contribution in [1.82, 2.24) is 20.8 Å². The van der Waals surface area contributed by atoms with E-state index < -0.39 is 17.9 Å². The summed E-state index contributed by atoms with van der Waals surface area (Å²) in [6.45, 7) is 2.84. The van der Waals surface area contributed by atoms with Gasteiger partial charge >= 0.3 is 5.97 Å². The van der Waals surface area contributed by atoms with Gasteiger partial charge in [0, 0.05) is 30.8 Å². The van der Waals surface area contributed by atoms with Crippen LogP contribution in [-0.4, -0.2) is 39.8 Å². The molecule has 2 rings (SSSR count). The van der Waals surface area contributed by atoms with Crippen LogP contribution in [0.25, 0.3) is 0 Å². The van der Waals surface area contributed by atoms with Crippen LogP contribution in [0.1, 0.15) is 28.7 Å². The first-order valence-electron chi connectivity index (χ1n) is 5.40. The van der Waals surface area contributed by atoms with Crippen LogP contribution >= 0.6 is 0 Å². The van der Waals surface area contributed by atoms with Gasteiger partial charge < -0.3 is 15.7 Å². The predicted molar refractivity (Wildman–Crippen MR) is 58.6 cm³/mol. The molecule has 0 aromatic carbocycles. The van der Waals surface area contributed by atoms with Crippen LogP contribution in [0, 0.1) is 0 Å². The van der Waals surface area contributed by atoms with E-state index in [0.717, 1.165) is 24.2 Å². The number of aliphatic carboxylic acids is 1. The molecule has 7 nitrogen and oxygen atoms in total. The number of rotatable bonds is 3.